The number of aromatic hydroxyl groups is 1. The quantitative estimate of drug-likeness (QED) is 0.759. The first-order valence-electron chi connectivity index (χ1n) is 5.83. The summed E-state index contributed by atoms with van der Waals surface area (Å²) in [6, 6.07) is 5.50. The van der Waals surface area contributed by atoms with Crippen molar-refractivity contribution in [3.05, 3.63) is 45.1 Å². The summed E-state index contributed by atoms with van der Waals surface area (Å²) < 4.78 is 0. The van der Waals surface area contributed by atoms with Gasteiger partial charge < -0.3 is 15.5 Å². The van der Waals surface area contributed by atoms with E-state index in [2.05, 4.69) is 5.32 Å². The monoisotopic (exact) mass is 291 g/mol. The summed E-state index contributed by atoms with van der Waals surface area (Å²) in [6.07, 6.45) is 0. The van der Waals surface area contributed by atoms with Gasteiger partial charge in [0, 0.05) is 9.75 Å². The number of hydrogen-bond acceptors (Lipinski definition) is 4. The average Bonchev–Trinajstić information content (AvgIpc) is 2.71. The molecule has 0 aliphatic heterocycles. The predicted octanol–water partition coefficient (Wildman–Crippen LogP) is 3.02. The van der Waals surface area contributed by atoms with Crippen LogP contribution in [0.15, 0.2) is 24.3 Å². The summed E-state index contributed by atoms with van der Waals surface area (Å²) in [5, 5.41) is 21.1. The van der Waals surface area contributed by atoms with Crippen molar-refractivity contribution in [1.82, 2.24) is 0 Å². The molecular weight excluding hydrogens is 278 g/mol. The smallest absolute Gasteiger partial charge is 0.335 e. The molecule has 0 aliphatic rings. The molecule has 1 aromatic heterocycles. The molecule has 3 N–H and O–H groups in total. The Bertz CT molecular complexity index is 690. The molecule has 1 amide bonds. The normalized spacial score (nSPS) is 10.3. The van der Waals surface area contributed by atoms with Gasteiger partial charge in [-0.2, -0.15) is 0 Å². The van der Waals surface area contributed by atoms with Crippen molar-refractivity contribution >= 4 is 28.9 Å². The Morgan fingerprint density at radius 3 is 2.45 bits per heavy atom. The molecule has 6 heteroatoms. The van der Waals surface area contributed by atoms with Crippen molar-refractivity contribution in [1.29, 1.82) is 0 Å². The number of carboxylic acid groups (broad SMARTS) is 1. The highest BCUT2D eigenvalue weighted by atomic mass is 32.1. The number of benzene rings is 1. The number of thiophene rings is 1. The van der Waals surface area contributed by atoms with Crippen molar-refractivity contribution in [3.8, 4) is 5.75 Å². The molecule has 0 atom stereocenters. The maximum absolute atomic E-state index is 12.1. The Kier molecular flexibility index (Phi) is 3.76. The van der Waals surface area contributed by atoms with Gasteiger partial charge in [-0.15, -0.1) is 11.3 Å². The third-order valence-electron chi connectivity index (χ3n) is 2.78. The van der Waals surface area contributed by atoms with Crippen molar-refractivity contribution in [2.45, 2.75) is 13.8 Å². The van der Waals surface area contributed by atoms with Gasteiger partial charge in [-0.25, -0.2) is 4.79 Å². The SMILES string of the molecule is Cc1cc(C(=O)Nc2cc(C(=O)O)ccc2O)c(C)s1. The maximum Gasteiger partial charge on any atom is 0.335 e. The molecule has 5 nitrogen and oxygen atoms in total. The van der Waals surface area contributed by atoms with Crippen molar-refractivity contribution in [2.24, 2.45) is 0 Å². The molecular formula is C14H13NO4S. The van der Waals surface area contributed by atoms with Crippen LogP contribution in [0.5, 0.6) is 5.75 Å². The Morgan fingerprint density at radius 2 is 1.90 bits per heavy atom. The summed E-state index contributed by atoms with van der Waals surface area (Å²) >= 11 is 1.50. The van der Waals surface area contributed by atoms with Gasteiger partial charge in [-0.05, 0) is 38.1 Å². The van der Waals surface area contributed by atoms with Crippen LogP contribution in [0.2, 0.25) is 0 Å². The number of phenols is 1. The van der Waals surface area contributed by atoms with Gasteiger partial charge in [0.1, 0.15) is 5.75 Å². The van der Waals surface area contributed by atoms with Gasteiger partial charge in [0.2, 0.25) is 0 Å². The second-order valence-electron chi connectivity index (χ2n) is 4.32. The van der Waals surface area contributed by atoms with Crippen LogP contribution >= 0.6 is 11.3 Å². The molecule has 0 saturated carbocycles. The number of nitrogens with one attached hydrogen (secondary N) is 1. The minimum absolute atomic E-state index is 0.00341. The summed E-state index contributed by atoms with van der Waals surface area (Å²) in [5.41, 5.74) is 0.599. The van der Waals surface area contributed by atoms with Gasteiger partial charge in [0.15, 0.2) is 0 Å². The average molecular weight is 291 g/mol. The number of rotatable bonds is 3. The Morgan fingerprint density at radius 1 is 1.20 bits per heavy atom. The van der Waals surface area contributed by atoms with Gasteiger partial charge in [-0.1, -0.05) is 0 Å². The number of carboxylic acids is 1. The number of amides is 1. The van der Waals surface area contributed by atoms with Crippen LogP contribution in [0, 0.1) is 13.8 Å². The summed E-state index contributed by atoms with van der Waals surface area (Å²) in [5.74, 6) is -1.67. The van der Waals surface area contributed by atoms with E-state index in [0.717, 1.165) is 9.75 Å². The number of aromatic carboxylic acids is 1. The number of hydrogen-bond donors (Lipinski definition) is 3. The van der Waals surface area contributed by atoms with Crippen molar-refractivity contribution < 1.29 is 19.8 Å². The van der Waals surface area contributed by atoms with E-state index in [1.54, 1.807) is 6.07 Å². The molecule has 0 fully saturated rings. The number of anilines is 1. The number of phenolic OH excluding ortho intramolecular Hbond substituents is 1. The largest absolute Gasteiger partial charge is 0.506 e. The number of carbonyl (C=O) groups is 2. The molecule has 0 unspecified atom stereocenters. The maximum atomic E-state index is 12.1. The van der Waals surface area contributed by atoms with Crippen LogP contribution in [0.25, 0.3) is 0 Å². The van der Waals surface area contributed by atoms with Crippen LogP contribution < -0.4 is 5.32 Å². The minimum Gasteiger partial charge on any atom is -0.506 e. The highest BCUT2D eigenvalue weighted by Crippen LogP contribution is 2.27. The zero-order chi connectivity index (χ0) is 14.9. The molecule has 0 saturated heterocycles. The number of carbonyl (C=O) groups excluding carboxylic acids is 1. The van der Waals surface area contributed by atoms with Gasteiger partial charge in [0.05, 0.1) is 16.8 Å². The van der Waals surface area contributed by atoms with Crippen LogP contribution in [0.3, 0.4) is 0 Å². The first kappa shape index (κ1) is 14.1. The predicted molar refractivity (Wildman–Crippen MR) is 76.8 cm³/mol. The molecule has 104 valence electrons. The zero-order valence-electron chi connectivity index (χ0n) is 10.9. The van der Waals surface area contributed by atoms with E-state index in [9.17, 15) is 14.7 Å². The van der Waals surface area contributed by atoms with Gasteiger partial charge >= 0.3 is 5.97 Å². The fourth-order valence-corrected chi connectivity index (χ4v) is 2.74. The molecule has 0 bridgehead atoms. The lowest BCUT2D eigenvalue weighted by Gasteiger charge is -2.08. The highest BCUT2D eigenvalue weighted by molar-refractivity contribution is 7.12. The summed E-state index contributed by atoms with van der Waals surface area (Å²) in [6.45, 7) is 3.73. The van der Waals surface area contributed by atoms with Gasteiger partial charge in [-0.3, -0.25) is 4.79 Å². The molecule has 0 aliphatic carbocycles. The van der Waals surface area contributed by atoms with Crippen LogP contribution in [-0.4, -0.2) is 22.1 Å². The van der Waals surface area contributed by atoms with E-state index in [-0.39, 0.29) is 22.9 Å². The lowest BCUT2D eigenvalue weighted by atomic mass is 10.1. The van der Waals surface area contributed by atoms with E-state index in [0.29, 0.717) is 5.56 Å². The Hall–Kier alpha value is -2.34. The Labute approximate surface area is 119 Å². The number of aryl methyl sites for hydroxylation is 2. The van der Waals surface area contributed by atoms with E-state index in [1.807, 2.05) is 13.8 Å². The summed E-state index contributed by atoms with van der Waals surface area (Å²) in [7, 11) is 0. The molecule has 2 aromatic rings. The molecule has 20 heavy (non-hydrogen) atoms. The van der Waals surface area contributed by atoms with E-state index < -0.39 is 5.97 Å². The lowest BCUT2D eigenvalue weighted by Crippen LogP contribution is -2.12. The van der Waals surface area contributed by atoms with Crippen molar-refractivity contribution in [2.75, 3.05) is 5.32 Å². The third-order valence-corrected chi connectivity index (χ3v) is 3.74. The second kappa shape index (κ2) is 5.34. The fraction of sp³-hybridized carbons (Fsp3) is 0.143. The van der Waals surface area contributed by atoms with Crippen LogP contribution in [0.1, 0.15) is 30.5 Å². The standard InChI is InChI=1S/C14H13NO4S/c1-7-5-10(8(2)20-7)13(17)15-11-6-9(14(18)19)3-4-12(11)16/h3-6,16H,1-2H3,(H,15,17)(H,18,19). The highest BCUT2D eigenvalue weighted by Gasteiger charge is 2.15. The zero-order valence-corrected chi connectivity index (χ0v) is 11.7. The summed E-state index contributed by atoms with van der Waals surface area (Å²) in [4.78, 5) is 24.9. The molecule has 1 aromatic carbocycles. The van der Waals surface area contributed by atoms with E-state index in [1.165, 1.54) is 29.5 Å². The second-order valence-corrected chi connectivity index (χ2v) is 5.78. The van der Waals surface area contributed by atoms with Crippen molar-refractivity contribution in [3.63, 3.8) is 0 Å². The molecule has 0 spiro atoms. The molecule has 1 heterocycles. The first-order valence-corrected chi connectivity index (χ1v) is 6.65. The molecule has 2 rings (SSSR count). The molecule has 0 radical (unpaired) electrons. The van der Waals surface area contributed by atoms with Crippen LogP contribution in [0.4, 0.5) is 5.69 Å². The minimum atomic E-state index is -1.12. The first-order chi connectivity index (χ1) is 9.38. The third kappa shape index (κ3) is 2.80. The topological polar surface area (TPSA) is 86.6 Å². The van der Waals surface area contributed by atoms with Gasteiger partial charge in [0.25, 0.3) is 5.91 Å². The van der Waals surface area contributed by atoms with E-state index in [4.69, 9.17) is 5.11 Å². The Balaban J connectivity index is 2.30. The lowest BCUT2D eigenvalue weighted by molar-refractivity contribution is 0.0696. The fourth-order valence-electron chi connectivity index (χ4n) is 1.82. The van der Waals surface area contributed by atoms with E-state index >= 15 is 0 Å². The van der Waals surface area contributed by atoms with Crippen LogP contribution in [-0.2, 0) is 0 Å².